The first-order chi connectivity index (χ1) is 14.1. The lowest BCUT2D eigenvalue weighted by atomic mass is 9.74. The number of halogens is 1. The first-order valence-corrected chi connectivity index (χ1v) is 12.6. The summed E-state index contributed by atoms with van der Waals surface area (Å²) in [7, 11) is 0. The molecular formula is C19H25BrN6O2S2. The highest BCUT2D eigenvalue weighted by Gasteiger charge is 2.52. The maximum absolute atomic E-state index is 12.9. The molecule has 1 saturated heterocycles. The first-order valence-electron chi connectivity index (χ1n) is 9.78. The number of nitrogens with one attached hydrogen (secondary N) is 1. The summed E-state index contributed by atoms with van der Waals surface area (Å²) in [5, 5.41) is 0. The Morgan fingerprint density at radius 2 is 2.10 bits per heavy atom. The SMILES string of the molecule is CC(C)(C)[S+]([O-])N[C@@H]1c2scnc2CC12CCN(c1ncc(Br)nc1C(N)=O)CC2. The third-order valence-corrected chi connectivity index (χ3v) is 8.74. The predicted octanol–water partition coefficient (Wildman–Crippen LogP) is 2.73. The molecule has 162 valence electrons. The van der Waals surface area contributed by atoms with Crippen molar-refractivity contribution in [2.24, 2.45) is 11.1 Å². The van der Waals surface area contributed by atoms with Crippen LogP contribution >= 0.6 is 27.3 Å². The van der Waals surface area contributed by atoms with Crippen LogP contribution in [-0.2, 0) is 17.8 Å². The van der Waals surface area contributed by atoms with Gasteiger partial charge in [0.25, 0.3) is 5.91 Å². The minimum absolute atomic E-state index is 0.00817. The summed E-state index contributed by atoms with van der Waals surface area (Å²) >= 11 is 3.71. The molecule has 1 aliphatic carbocycles. The predicted molar refractivity (Wildman–Crippen MR) is 122 cm³/mol. The molecule has 0 saturated carbocycles. The molecule has 3 heterocycles. The lowest BCUT2D eigenvalue weighted by Gasteiger charge is -2.44. The summed E-state index contributed by atoms with van der Waals surface area (Å²) in [5.41, 5.74) is 8.63. The van der Waals surface area contributed by atoms with Gasteiger partial charge in [0.1, 0.15) is 9.35 Å². The van der Waals surface area contributed by atoms with Crippen molar-refractivity contribution in [1.29, 1.82) is 0 Å². The molecule has 0 aromatic carbocycles. The van der Waals surface area contributed by atoms with E-state index in [0.29, 0.717) is 23.5 Å². The fraction of sp³-hybridized carbons (Fsp3) is 0.579. The number of nitrogens with two attached hydrogens (primary N) is 1. The zero-order valence-corrected chi connectivity index (χ0v) is 20.4. The van der Waals surface area contributed by atoms with Gasteiger partial charge in [-0.15, -0.1) is 16.1 Å². The van der Waals surface area contributed by atoms with Gasteiger partial charge in [-0.05, 0) is 56.0 Å². The summed E-state index contributed by atoms with van der Waals surface area (Å²) in [5.74, 6) is -0.0688. The van der Waals surface area contributed by atoms with E-state index in [1.165, 1.54) is 4.88 Å². The average Bonchev–Trinajstić information content (AvgIpc) is 3.22. The van der Waals surface area contributed by atoms with Crippen LogP contribution in [0.15, 0.2) is 16.3 Å². The molecule has 1 fully saturated rings. The Bertz CT molecular complexity index is 955. The van der Waals surface area contributed by atoms with Crippen molar-refractivity contribution in [2.45, 2.75) is 50.8 Å². The van der Waals surface area contributed by atoms with E-state index >= 15 is 0 Å². The van der Waals surface area contributed by atoms with Gasteiger partial charge in [0, 0.05) is 34.7 Å². The fourth-order valence-corrected chi connectivity index (χ4v) is 6.50. The number of rotatable bonds is 4. The van der Waals surface area contributed by atoms with E-state index < -0.39 is 17.3 Å². The molecule has 4 rings (SSSR count). The van der Waals surface area contributed by atoms with Gasteiger partial charge in [0.2, 0.25) is 0 Å². The highest BCUT2D eigenvalue weighted by Crippen LogP contribution is 2.53. The summed E-state index contributed by atoms with van der Waals surface area (Å²) in [6.07, 6.45) is 4.18. The number of carbonyl (C=O) groups excluding carboxylic acids is 1. The van der Waals surface area contributed by atoms with Crippen LogP contribution in [0.5, 0.6) is 0 Å². The molecule has 0 bridgehead atoms. The molecule has 2 atom stereocenters. The van der Waals surface area contributed by atoms with Crippen molar-refractivity contribution in [3.05, 3.63) is 32.6 Å². The fourth-order valence-electron chi connectivity index (χ4n) is 4.21. The van der Waals surface area contributed by atoms with Gasteiger partial charge >= 0.3 is 0 Å². The van der Waals surface area contributed by atoms with Gasteiger partial charge in [-0.25, -0.2) is 15.0 Å². The monoisotopic (exact) mass is 512 g/mol. The van der Waals surface area contributed by atoms with Gasteiger partial charge in [-0.1, -0.05) is 0 Å². The number of hydrogen-bond donors (Lipinski definition) is 2. The molecule has 1 unspecified atom stereocenters. The van der Waals surface area contributed by atoms with E-state index in [-0.39, 0.29) is 21.9 Å². The molecule has 2 aliphatic rings. The van der Waals surface area contributed by atoms with Crippen molar-refractivity contribution < 1.29 is 9.35 Å². The smallest absolute Gasteiger partial charge is 0.271 e. The summed E-state index contributed by atoms with van der Waals surface area (Å²) in [6.45, 7) is 7.36. The quantitative estimate of drug-likeness (QED) is 0.604. The minimum atomic E-state index is -1.18. The second-order valence-electron chi connectivity index (χ2n) is 8.85. The number of hydrogen-bond acceptors (Lipinski definition) is 8. The number of anilines is 1. The van der Waals surface area contributed by atoms with E-state index in [9.17, 15) is 9.35 Å². The Hall–Kier alpha value is -1.27. The molecule has 2 aromatic rings. The number of amides is 1. The minimum Gasteiger partial charge on any atom is -0.598 e. The zero-order valence-electron chi connectivity index (χ0n) is 17.1. The van der Waals surface area contributed by atoms with Crippen molar-refractivity contribution in [3.8, 4) is 0 Å². The molecule has 11 heteroatoms. The molecular weight excluding hydrogens is 488 g/mol. The largest absolute Gasteiger partial charge is 0.598 e. The summed E-state index contributed by atoms with van der Waals surface area (Å²) in [4.78, 5) is 28.3. The van der Waals surface area contributed by atoms with Crippen LogP contribution in [0.25, 0.3) is 0 Å². The number of fused-ring (bicyclic) bond motifs is 1. The normalized spacial score (nSPS) is 21.6. The van der Waals surface area contributed by atoms with E-state index in [4.69, 9.17) is 5.73 Å². The number of thiazole rings is 1. The third kappa shape index (κ3) is 3.97. The maximum Gasteiger partial charge on any atom is 0.271 e. The summed E-state index contributed by atoms with van der Waals surface area (Å²) < 4.78 is 16.5. The number of primary amides is 1. The van der Waals surface area contributed by atoms with Gasteiger partial charge in [0.05, 0.1) is 23.4 Å². The van der Waals surface area contributed by atoms with E-state index in [2.05, 4.69) is 40.5 Å². The van der Waals surface area contributed by atoms with Gasteiger partial charge in [0.15, 0.2) is 11.5 Å². The highest BCUT2D eigenvalue weighted by molar-refractivity contribution is 9.10. The van der Waals surface area contributed by atoms with Crippen molar-refractivity contribution in [3.63, 3.8) is 0 Å². The third-order valence-electron chi connectivity index (χ3n) is 5.86. The van der Waals surface area contributed by atoms with Crippen LogP contribution in [0.3, 0.4) is 0 Å². The number of piperidine rings is 1. The van der Waals surface area contributed by atoms with Crippen LogP contribution in [-0.4, -0.2) is 43.2 Å². The Labute approximate surface area is 191 Å². The Balaban J connectivity index is 1.57. The van der Waals surface area contributed by atoms with Crippen LogP contribution in [0, 0.1) is 5.41 Å². The standard InChI is InChI=1S/C19H25BrN6O2S2/c1-18(2,3)30(28)25-15-14-11(23-10-29-14)8-19(15)4-6-26(7-5-19)17-13(16(21)27)24-12(20)9-22-17/h9-10,15,25H,4-8H2,1-3H3,(H2,21,27)/t15-,30?/m1/s1. The van der Waals surface area contributed by atoms with Crippen LogP contribution in [0.2, 0.25) is 0 Å². The van der Waals surface area contributed by atoms with E-state index in [1.54, 1.807) is 17.5 Å². The molecule has 8 nitrogen and oxygen atoms in total. The molecule has 30 heavy (non-hydrogen) atoms. The average molecular weight is 513 g/mol. The summed E-state index contributed by atoms with van der Waals surface area (Å²) in [6, 6.07) is 0.00817. The van der Waals surface area contributed by atoms with E-state index in [1.807, 2.05) is 26.3 Å². The Morgan fingerprint density at radius 1 is 1.40 bits per heavy atom. The second kappa shape index (κ2) is 8.01. The van der Waals surface area contributed by atoms with Gasteiger partial charge < -0.3 is 15.2 Å². The van der Waals surface area contributed by atoms with Gasteiger partial charge in [-0.3, -0.25) is 4.79 Å². The second-order valence-corrected chi connectivity index (χ2v) is 12.5. The van der Waals surface area contributed by atoms with Gasteiger partial charge in [-0.2, -0.15) is 0 Å². The molecule has 1 amide bonds. The first kappa shape index (κ1) is 21.9. The number of carbonyl (C=O) groups is 1. The lowest BCUT2D eigenvalue weighted by Crippen LogP contribution is -2.50. The Kier molecular flexibility index (Phi) is 5.86. The van der Waals surface area contributed by atoms with Crippen LogP contribution < -0.4 is 15.4 Å². The van der Waals surface area contributed by atoms with Crippen molar-refractivity contribution >= 4 is 50.4 Å². The zero-order chi connectivity index (χ0) is 21.7. The maximum atomic E-state index is 12.9. The molecule has 1 spiro atoms. The topological polar surface area (TPSA) is 120 Å². The highest BCUT2D eigenvalue weighted by atomic mass is 79.9. The molecule has 1 aliphatic heterocycles. The molecule has 3 N–H and O–H groups in total. The molecule has 2 aromatic heterocycles. The number of nitrogens with zero attached hydrogens (tertiary/aromatic N) is 4. The molecule has 0 radical (unpaired) electrons. The van der Waals surface area contributed by atoms with Crippen molar-refractivity contribution in [1.82, 2.24) is 19.7 Å². The van der Waals surface area contributed by atoms with Crippen LogP contribution in [0.4, 0.5) is 5.82 Å². The number of aromatic nitrogens is 3. The van der Waals surface area contributed by atoms with E-state index in [0.717, 1.165) is 25.0 Å². The Morgan fingerprint density at radius 3 is 2.73 bits per heavy atom. The van der Waals surface area contributed by atoms with Crippen molar-refractivity contribution in [2.75, 3.05) is 18.0 Å². The van der Waals surface area contributed by atoms with Crippen LogP contribution in [0.1, 0.15) is 60.7 Å². The lowest BCUT2D eigenvalue weighted by molar-refractivity contribution is 0.0995.